The summed E-state index contributed by atoms with van der Waals surface area (Å²) in [5.74, 6) is 3.05. The Hall–Kier alpha value is -2.08. The zero-order chi connectivity index (χ0) is 21.2. The van der Waals surface area contributed by atoms with Crippen LogP contribution in [0.5, 0.6) is 0 Å². The van der Waals surface area contributed by atoms with Gasteiger partial charge in [0.1, 0.15) is 0 Å². The van der Waals surface area contributed by atoms with Crippen molar-refractivity contribution in [3.05, 3.63) is 94.1 Å². The van der Waals surface area contributed by atoms with Gasteiger partial charge in [-0.15, -0.1) is 0 Å². The molecule has 4 aliphatic carbocycles. The van der Waals surface area contributed by atoms with E-state index in [1.807, 2.05) is 0 Å². The second-order valence-corrected chi connectivity index (χ2v) is 10.5. The van der Waals surface area contributed by atoms with Crippen LogP contribution in [-0.2, 0) is 6.42 Å². The molecule has 0 aliphatic heterocycles. The van der Waals surface area contributed by atoms with Crippen LogP contribution in [0.25, 0.3) is 0 Å². The molecule has 0 radical (unpaired) electrons. The Morgan fingerprint density at radius 1 is 0.871 bits per heavy atom. The molecule has 0 spiro atoms. The van der Waals surface area contributed by atoms with E-state index in [4.69, 9.17) is 0 Å². The van der Waals surface area contributed by atoms with E-state index in [1.165, 1.54) is 68.1 Å². The summed E-state index contributed by atoms with van der Waals surface area (Å²) in [5, 5.41) is 0. The van der Waals surface area contributed by atoms with Crippen LogP contribution in [0.15, 0.2) is 83.0 Å². The van der Waals surface area contributed by atoms with Gasteiger partial charge in [-0.25, -0.2) is 0 Å². The van der Waals surface area contributed by atoms with Crippen molar-refractivity contribution in [2.24, 2.45) is 17.8 Å². The van der Waals surface area contributed by atoms with Gasteiger partial charge in [-0.1, -0.05) is 74.6 Å². The summed E-state index contributed by atoms with van der Waals surface area (Å²) in [6, 6.07) is 9.63. The van der Waals surface area contributed by atoms with Crippen molar-refractivity contribution >= 4 is 0 Å². The summed E-state index contributed by atoms with van der Waals surface area (Å²) in [6.07, 6.45) is 26.2. The number of rotatable bonds is 5. The van der Waals surface area contributed by atoms with E-state index >= 15 is 0 Å². The average molecular weight is 411 g/mol. The quantitative estimate of drug-likeness (QED) is 0.455. The molecule has 1 saturated carbocycles. The monoisotopic (exact) mass is 410 g/mol. The third-order valence-electron chi connectivity index (χ3n) is 8.31. The summed E-state index contributed by atoms with van der Waals surface area (Å²) < 4.78 is 0. The van der Waals surface area contributed by atoms with Crippen LogP contribution in [0.1, 0.15) is 82.3 Å². The predicted molar refractivity (Wildman–Crippen MR) is 133 cm³/mol. The van der Waals surface area contributed by atoms with Crippen molar-refractivity contribution in [3.63, 3.8) is 0 Å². The maximum atomic E-state index is 2.49. The van der Waals surface area contributed by atoms with E-state index in [2.05, 4.69) is 74.6 Å². The maximum absolute atomic E-state index is 2.49. The SMILES string of the molecule is CC(C)C1CCC(c2ccc(CC3=CC=C(C4=CCCCC4)C4C=CC=C34)cc2)CC1. The van der Waals surface area contributed by atoms with Gasteiger partial charge < -0.3 is 0 Å². The zero-order valence-electron chi connectivity index (χ0n) is 19.4. The highest BCUT2D eigenvalue weighted by atomic mass is 14.3. The summed E-state index contributed by atoms with van der Waals surface area (Å²) in [5.41, 5.74) is 9.19. The number of fused-ring (bicyclic) bond motifs is 1. The number of hydrogen-bond acceptors (Lipinski definition) is 0. The highest BCUT2D eigenvalue weighted by Gasteiger charge is 2.27. The molecular formula is C31H38. The Morgan fingerprint density at radius 3 is 2.39 bits per heavy atom. The predicted octanol–water partition coefficient (Wildman–Crippen LogP) is 8.64. The minimum absolute atomic E-state index is 0.486. The van der Waals surface area contributed by atoms with Crippen molar-refractivity contribution in [3.8, 4) is 0 Å². The van der Waals surface area contributed by atoms with Crippen LogP contribution in [-0.4, -0.2) is 0 Å². The molecule has 0 heteroatoms. The standard InChI is InChI=1S/C31H38/c1-22(2)24-15-17-26(18-16-24)25-13-11-23(12-14-25)21-28-19-20-30(27-7-4-3-5-8-27)31-10-6-9-29(28)31/h6-7,9-14,19-20,22,24,26,31H,3-5,8,15-18,21H2,1-2H3. The molecule has 0 saturated heterocycles. The largest absolute Gasteiger partial charge is 0.0810 e. The topological polar surface area (TPSA) is 0 Å². The molecule has 1 fully saturated rings. The minimum atomic E-state index is 0.486. The highest BCUT2D eigenvalue weighted by molar-refractivity contribution is 5.58. The Balaban J connectivity index is 1.27. The van der Waals surface area contributed by atoms with Crippen LogP contribution in [0.3, 0.4) is 0 Å². The van der Waals surface area contributed by atoms with Crippen molar-refractivity contribution in [1.29, 1.82) is 0 Å². The molecule has 0 N–H and O–H groups in total. The van der Waals surface area contributed by atoms with E-state index in [9.17, 15) is 0 Å². The molecule has 5 rings (SSSR count). The van der Waals surface area contributed by atoms with Crippen molar-refractivity contribution in [2.45, 2.75) is 77.6 Å². The Morgan fingerprint density at radius 2 is 1.68 bits per heavy atom. The fraction of sp³-hybridized carbons (Fsp3) is 0.484. The zero-order valence-corrected chi connectivity index (χ0v) is 19.4. The first-order chi connectivity index (χ1) is 15.2. The molecule has 1 atom stereocenters. The molecule has 31 heavy (non-hydrogen) atoms. The number of allylic oxidation sites excluding steroid dienone is 10. The van der Waals surface area contributed by atoms with Crippen molar-refractivity contribution in [1.82, 2.24) is 0 Å². The first kappa shape index (κ1) is 20.8. The van der Waals surface area contributed by atoms with Gasteiger partial charge in [0.05, 0.1) is 0 Å². The van der Waals surface area contributed by atoms with Crippen molar-refractivity contribution in [2.75, 3.05) is 0 Å². The number of benzene rings is 1. The molecule has 0 heterocycles. The fourth-order valence-electron chi connectivity index (χ4n) is 6.26. The second kappa shape index (κ2) is 9.19. The first-order valence-electron chi connectivity index (χ1n) is 12.8. The second-order valence-electron chi connectivity index (χ2n) is 10.5. The van der Waals surface area contributed by atoms with Crippen LogP contribution in [0.4, 0.5) is 0 Å². The van der Waals surface area contributed by atoms with Crippen LogP contribution >= 0.6 is 0 Å². The molecule has 1 aromatic rings. The van der Waals surface area contributed by atoms with E-state index in [0.717, 1.165) is 24.2 Å². The van der Waals surface area contributed by atoms with Gasteiger partial charge in [0.25, 0.3) is 0 Å². The Kier molecular flexibility index (Phi) is 6.17. The van der Waals surface area contributed by atoms with Gasteiger partial charge in [0.2, 0.25) is 0 Å². The van der Waals surface area contributed by atoms with Gasteiger partial charge >= 0.3 is 0 Å². The Bertz CT molecular complexity index is 936. The van der Waals surface area contributed by atoms with Gasteiger partial charge in [-0.05, 0) is 109 Å². The molecule has 0 bridgehead atoms. The lowest BCUT2D eigenvalue weighted by atomic mass is 9.74. The molecule has 0 nitrogen and oxygen atoms in total. The smallest absolute Gasteiger partial charge is 0.0278 e. The van der Waals surface area contributed by atoms with Crippen LogP contribution in [0.2, 0.25) is 0 Å². The van der Waals surface area contributed by atoms with E-state index < -0.39 is 0 Å². The molecule has 1 unspecified atom stereocenters. The van der Waals surface area contributed by atoms with E-state index in [1.54, 1.807) is 16.7 Å². The summed E-state index contributed by atoms with van der Waals surface area (Å²) in [4.78, 5) is 0. The highest BCUT2D eigenvalue weighted by Crippen LogP contribution is 2.42. The average Bonchev–Trinajstić information content (AvgIpc) is 3.31. The number of hydrogen-bond donors (Lipinski definition) is 0. The van der Waals surface area contributed by atoms with E-state index in [0.29, 0.717) is 5.92 Å². The van der Waals surface area contributed by atoms with Crippen LogP contribution < -0.4 is 0 Å². The molecule has 0 amide bonds. The van der Waals surface area contributed by atoms with Gasteiger partial charge in [-0.2, -0.15) is 0 Å². The summed E-state index contributed by atoms with van der Waals surface area (Å²) in [6.45, 7) is 4.79. The van der Waals surface area contributed by atoms with Gasteiger partial charge in [0.15, 0.2) is 0 Å². The molecule has 162 valence electrons. The normalized spacial score (nSPS) is 28.0. The lowest BCUT2D eigenvalue weighted by molar-refractivity contribution is 0.259. The van der Waals surface area contributed by atoms with Gasteiger partial charge in [0, 0.05) is 5.92 Å². The molecule has 0 aromatic heterocycles. The van der Waals surface area contributed by atoms with E-state index in [-0.39, 0.29) is 0 Å². The summed E-state index contributed by atoms with van der Waals surface area (Å²) in [7, 11) is 0. The molecule has 4 aliphatic rings. The summed E-state index contributed by atoms with van der Waals surface area (Å²) >= 11 is 0. The van der Waals surface area contributed by atoms with Crippen molar-refractivity contribution < 1.29 is 0 Å². The molecule has 1 aromatic carbocycles. The maximum Gasteiger partial charge on any atom is 0.0278 e. The third-order valence-corrected chi connectivity index (χ3v) is 8.31. The van der Waals surface area contributed by atoms with Gasteiger partial charge in [-0.3, -0.25) is 0 Å². The first-order valence-corrected chi connectivity index (χ1v) is 12.8. The minimum Gasteiger partial charge on any atom is -0.0810 e. The molecular weight excluding hydrogens is 372 g/mol. The fourth-order valence-corrected chi connectivity index (χ4v) is 6.26. The third kappa shape index (κ3) is 4.45. The Labute approximate surface area is 189 Å². The lowest BCUT2D eigenvalue weighted by Crippen LogP contribution is -2.17. The lowest BCUT2D eigenvalue weighted by Gasteiger charge is -2.31. The van der Waals surface area contributed by atoms with Crippen LogP contribution in [0, 0.1) is 17.8 Å².